The van der Waals surface area contributed by atoms with Crippen molar-refractivity contribution in [2.24, 2.45) is 0 Å². The molecule has 0 aromatic carbocycles. The normalized spacial score (nSPS) is 14.9. The van der Waals surface area contributed by atoms with E-state index >= 15 is 0 Å². The van der Waals surface area contributed by atoms with Crippen molar-refractivity contribution >= 4 is 24.2 Å². The van der Waals surface area contributed by atoms with Crippen molar-refractivity contribution in [3.8, 4) is 0 Å². The fourth-order valence-electron chi connectivity index (χ4n) is 2.66. The molecule has 1 saturated heterocycles. The molecule has 2 N–H and O–H groups in total. The first-order valence-electron chi connectivity index (χ1n) is 8.64. The summed E-state index contributed by atoms with van der Waals surface area (Å²) in [5.41, 5.74) is 0. The van der Waals surface area contributed by atoms with E-state index in [4.69, 9.17) is 0 Å². The standard InChI is InChI=1S/C16H32N4O2.ClH/c1-3-10-20(11-4-2)16(22)6-5-15(21)18-9-14-19-12-7-17-8-13-19;/h17H,3-14H2,1-2H3,(H,18,21);1H. The fourth-order valence-corrected chi connectivity index (χ4v) is 2.66. The fraction of sp³-hybridized carbons (Fsp3) is 0.875. The van der Waals surface area contributed by atoms with Gasteiger partial charge < -0.3 is 15.5 Å². The van der Waals surface area contributed by atoms with Crippen molar-refractivity contribution in [2.75, 3.05) is 52.4 Å². The molecule has 1 rings (SSSR count). The Balaban J connectivity index is 0.00000484. The molecular formula is C16H33ClN4O2. The monoisotopic (exact) mass is 348 g/mol. The summed E-state index contributed by atoms with van der Waals surface area (Å²) in [6.07, 6.45) is 2.54. The van der Waals surface area contributed by atoms with Gasteiger partial charge >= 0.3 is 0 Å². The number of amides is 2. The Hall–Kier alpha value is -0.850. The predicted octanol–water partition coefficient (Wildman–Crippen LogP) is 0.858. The van der Waals surface area contributed by atoms with E-state index in [2.05, 4.69) is 29.4 Å². The van der Waals surface area contributed by atoms with Gasteiger partial charge in [-0.05, 0) is 12.8 Å². The lowest BCUT2D eigenvalue weighted by Gasteiger charge is -2.27. The molecule has 2 amide bonds. The minimum absolute atomic E-state index is 0. The van der Waals surface area contributed by atoms with Gasteiger partial charge in [0.15, 0.2) is 0 Å². The maximum atomic E-state index is 12.1. The van der Waals surface area contributed by atoms with E-state index in [0.29, 0.717) is 19.4 Å². The number of hydrogen-bond acceptors (Lipinski definition) is 4. The Kier molecular flexibility index (Phi) is 13.1. The number of carbonyl (C=O) groups is 2. The quantitative estimate of drug-likeness (QED) is 0.614. The van der Waals surface area contributed by atoms with Gasteiger partial charge in [0, 0.05) is 65.2 Å². The van der Waals surface area contributed by atoms with E-state index in [1.165, 1.54) is 0 Å². The van der Waals surface area contributed by atoms with Gasteiger partial charge in [-0.3, -0.25) is 14.5 Å². The van der Waals surface area contributed by atoms with E-state index in [1.54, 1.807) is 0 Å². The summed E-state index contributed by atoms with van der Waals surface area (Å²) < 4.78 is 0. The van der Waals surface area contributed by atoms with Crippen LogP contribution < -0.4 is 10.6 Å². The predicted molar refractivity (Wildman–Crippen MR) is 96.0 cm³/mol. The zero-order valence-electron chi connectivity index (χ0n) is 14.6. The van der Waals surface area contributed by atoms with Crippen LogP contribution >= 0.6 is 12.4 Å². The van der Waals surface area contributed by atoms with Gasteiger partial charge in [0.1, 0.15) is 0 Å². The number of carbonyl (C=O) groups excluding carboxylic acids is 2. The molecular weight excluding hydrogens is 316 g/mol. The Morgan fingerprint density at radius 3 is 2.26 bits per heavy atom. The molecule has 0 aliphatic carbocycles. The van der Waals surface area contributed by atoms with Gasteiger partial charge in [0.25, 0.3) is 0 Å². The van der Waals surface area contributed by atoms with E-state index < -0.39 is 0 Å². The average molecular weight is 349 g/mol. The lowest BCUT2D eigenvalue weighted by atomic mass is 10.2. The molecule has 1 aliphatic heterocycles. The maximum absolute atomic E-state index is 12.1. The van der Waals surface area contributed by atoms with Crippen LogP contribution in [0.2, 0.25) is 0 Å². The van der Waals surface area contributed by atoms with Crippen LogP contribution in [0.25, 0.3) is 0 Å². The second-order valence-corrected chi connectivity index (χ2v) is 5.82. The highest BCUT2D eigenvalue weighted by Crippen LogP contribution is 2.01. The first-order chi connectivity index (χ1) is 10.7. The summed E-state index contributed by atoms with van der Waals surface area (Å²) in [6.45, 7) is 11.4. The SMILES string of the molecule is CCCN(CCC)C(=O)CCC(=O)NCCN1CCNCC1.Cl. The van der Waals surface area contributed by atoms with E-state index in [-0.39, 0.29) is 24.2 Å². The first kappa shape index (κ1) is 22.1. The third-order valence-corrected chi connectivity index (χ3v) is 3.87. The molecule has 0 saturated carbocycles. The molecule has 0 atom stereocenters. The number of hydrogen-bond donors (Lipinski definition) is 2. The maximum Gasteiger partial charge on any atom is 0.223 e. The van der Waals surface area contributed by atoms with Crippen molar-refractivity contribution in [2.45, 2.75) is 39.5 Å². The van der Waals surface area contributed by atoms with Crippen LogP contribution in [0.5, 0.6) is 0 Å². The highest BCUT2D eigenvalue weighted by atomic mass is 35.5. The molecule has 0 unspecified atom stereocenters. The van der Waals surface area contributed by atoms with Gasteiger partial charge in [-0.1, -0.05) is 13.8 Å². The van der Waals surface area contributed by atoms with Gasteiger partial charge in [-0.25, -0.2) is 0 Å². The molecule has 0 radical (unpaired) electrons. The lowest BCUT2D eigenvalue weighted by molar-refractivity contribution is -0.133. The second-order valence-electron chi connectivity index (χ2n) is 5.82. The van der Waals surface area contributed by atoms with Crippen molar-refractivity contribution in [1.82, 2.24) is 20.4 Å². The summed E-state index contributed by atoms with van der Waals surface area (Å²) in [7, 11) is 0. The average Bonchev–Trinajstić information content (AvgIpc) is 2.53. The zero-order chi connectivity index (χ0) is 16.2. The summed E-state index contributed by atoms with van der Waals surface area (Å²) >= 11 is 0. The van der Waals surface area contributed by atoms with Gasteiger partial charge in [0.05, 0.1) is 0 Å². The number of halogens is 1. The number of piperazine rings is 1. The summed E-state index contributed by atoms with van der Waals surface area (Å²) in [5.74, 6) is 0.0809. The summed E-state index contributed by atoms with van der Waals surface area (Å²) in [4.78, 5) is 28.1. The van der Waals surface area contributed by atoms with Crippen LogP contribution in [0.1, 0.15) is 39.5 Å². The molecule has 7 heteroatoms. The van der Waals surface area contributed by atoms with Crippen molar-refractivity contribution < 1.29 is 9.59 Å². The summed E-state index contributed by atoms with van der Waals surface area (Å²) in [6, 6.07) is 0. The molecule has 1 aliphatic rings. The Labute approximate surface area is 146 Å². The smallest absolute Gasteiger partial charge is 0.223 e. The van der Waals surface area contributed by atoms with E-state index in [0.717, 1.165) is 58.7 Å². The van der Waals surface area contributed by atoms with E-state index in [9.17, 15) is 9.59 Å². The highest BCUT2D eigenvalue weighted by molar-refractivity contribution is 5.85. The second kappa shape index (κ2) is 13.6. The molecule has 0 bridgehead atoms. The number of nitrogens with one attached hydrogen (secondary N) is 2. The summed E-state index contributed by atoms with van der Waals surface area (Å²) in [5, 5.41) is 6.22. The Morgan fingerprint density at radius 1 is 1.09 bits per heavy atom. The van der Waals surface area contributed by atoms with E-state index in [1.807, 2.05) is 4.90 Å². The van der Waals surface area contributed by atoms with Crippen LogP contribution in [-0.2, 0) is 9.59 Å². The van der Waals surface area contributed by atoms with Gasteiger partial charge in [0.2, 0.25) is 11.8 Å². The molecule has 6 nitrogen and oxygen atoms in total. The zero-order valence-corrected chi connectivity index (χ0v) is 15.4. The largest absolute Gasteiger partial charge is 0.355 e. The topological polar surface area (TPSA) is 64.7 Å². The van der Waals surface area contributed by atoms with Crippen LogP contribution in [0.3, 0.4) is 0 Å². The van der Waals surface area contributed by atoms with Crippen LogP contribution in [0.4, 0.5) is 0 Å². The molecule has 0 aromatic rings. The Morgan fingerprint density at radius 2 is 1.70 bits per heavy atom. The lowest BCUT2D eigenvalue weighted by Crippen LogP contribution is -2.46. The van der Waals surface area contributed by atoms with Gasteiger partial charge in [-0.2, -0.15) is 0 Å². The minimum Gasteiger partial charge on any atom is -0.355 e. The molecule has 1 fully saturated rings. The van der Waals surface area contributed by atoms with Gasteiger partial charge in [-0.15, -0.1) is 12.4 Å². The highest BCUT2D eigenvalue weighted by Gasteiger charge is 2.14. The third kappa shape index (κ3) is 9.79. The van der Waals surface area contributed by atoms with Crippen LogP contribution in [0, 0.1) is 0 Å². The van der Waals surface area contributed by atoms with Crippen molar-refractivity contribution in [3.63, 3.8) is 0 Å². The number of rotatable bonds is 10. The van der Waals surface area contributed by atoms with Crippen LogP contribution in [0.15, 0.2) is 0 Å². The minimum atomic E-state index is -0.0172. The Bertz CT molecular complexity index is 330. The molecule has 23 heavy (non-hydrogen) atoms. The third-order valence-electron chi connectivity index (χ3n) is 3.87. The first-order valence-corrected chi connectivity index (χ1v) is 8.64. The van der Waals surface area contributed by atoms with Crippen LogP contribution in [-0.4, -0.2) is 74.0 Å². The van der Waals surface area contributed by atoms with Crippen molar-refractivity contribution in [1.29, 1.82) is 0 Å². The molecule has 0 aromatic heterocycles. The molecule has 0 spiro atoms. The molecule has 1 heterocycles. The number of nitrogens with zero attached hydrogens (tertiary/aromatic N) is 2. The van der Waals surface area contributed by atoms with Crippen molar-refractivity contribution in [3.05, 3.63) is 0 Å². The molecule has 136 valence electrons.